The number of hydrogen-bond donors (Lipinski definition) is 1. The lowest BCUT2D eigenvalue weighted by Crippen LogP contribution is -2.49. The zero-order valence-corrected chi connectivity index (χ0v) is 16.4. The summed E-state index contributed by atoms with van der Waals surface area (Å²) in [5.74, 6) is 0.871. The van der Waals surface area contributed by atoms with Gasteiger partial charge in [0.1, 0.15) is 5.75 Å². The topological polar surface area (TPSA) is 44.8 Å². The molecule has 1 aliphatic heterocycles. The molecule has 5 heteroatoms. The van der Waals surface area contributed by atoms with Crippen molar-refractivity contribution in [2.24, 2.45) is 0 Å². The first kappa shape index (κ1) is 19.2. The monoisotopic (exact) mass is 367 g/mol. The summed E-state index contributed by atoms with van der Waals surface area (Å²) in [6, 6.07) is 17.1. The Labute approximate surface area is 161 Å². The van der Waals surface area contributed by atoms with E-state index in [1.165, 1.54) is 11.1 Å². The molecule has 1 aliphatic rings. The number of nitrogens with one attached hydrogen (secondary N) is 1. The molecule has 1 fully saturated rings. The zero-order chi connectivity index (χ0) is 19.2. The largest absolute Gasteiger partial charge is 0.497 e. The molecule has 27 heavy (non-hydrogen) atoms. The number of nitrogens with zero attached hydrogens (tertiary/aromatic N) is 2. The van der Waals surface area contributed by atoms with E-state index in [0.717, 1.165) is 43.8 Å². The van der Waals surface area contributed by atoms with Crippen LogP contribution >= 0.6 is 0 Å². The predicted octanol–water partition coefficient (Wildman–Crippen LogP) is 3.60. The smallest absolute Gasteiger partial charge is 0.317 e. The summed E-state index contributed by atoms with van der Waals surface area (Å²) in [6.45, 7) is 2.88. The Kier molecular flexibility index (Phi) is 6.35. The fraction of sp³-hybridized carbons (Fsp3) is 0.409. The van der Waals surface area contributed by atoms with Gasteiger partial charge in [0, 0.05) is 33.2 Å². The molecule has 3 rings (SSSR count). The molecule has 0 aromatic heterocycles. The van der Waals surface area contributed by atoms with Crippen LogP contribution in [0.5, 0.6) is 5.75 Å². The van der Waals surface area contributed by atoms with Crippen molar-refractivity contribution in [1.29, 1.82) is 0 Å². The number of amides is 2. The number of urea groups is 1. The van der Waals surface area contributed by atoms with Crippen LogP contribution in [0.2, 0.25) is 0 Å². The van der Waals surface area contributed by atoms with Gasteiger partial charge in [-0.15, -0.1) is 0 Å². The van der Waals surface area contributed by atoms with Gasteiger partial charge in [-0.3, -0.25) is 4.90 Å². The van der Waals surface area contributed by atoms with Crippen LogP contribution in [0.3, 0.4) is 0 Å². The van der Waals surface area contributed by atoms with Crippen molar-refractivity contribution in [3.63, 3.8) is 0 Å². The maximum atomic E-state index is 11.9. The van der Waals surface area contributed by atoms with Gasteiger partial charge in [-0.2, -0.15) is 0 Å². The Morgan fingerprint density at radius 2 is 1.96 bits per heavy atom. The first-order chi connectivity index (χ1) is 13.0. The Morgan fingerprint density at radius 3 is 2.67 bits per heavy atom. The van der Waals surface area contributed by atoms with Crippen molar-refractivity contribution in [3.05, 3.63) is 54.1 Å². The summed E-state index contributed by atoms with van der Waals surface area (Å²) in [5, 5.41) is 3.11. The number of ether oxygens (including phenoxy) is 1. The standard InChI is InChI=1S/C22H29N3O2/c1-24(2)22(26)23-20-7-5-13-25(16-20)15-17-9-11-18(12-10-17)19-6-4-8-21(14-19)27-3/h4,6,8-12,14,20H,5,7,13,15-16H2,1-3H3,(H,23,26). The van der Waals surface area contributed by atoms with Gasteiger partial charge in [0.15, 0.2) is 0 Å². The summed E-state index contributed by atoms with van der Waals surface area (Å²) >= 11 is 0. The minimum atomic E-state index is -0.00973. The van der Waals surface area contributed by atoms with Crippen molar-refractivity contribution < 1.29 is 9.53 Å². The van der Waals surface area contributed by atoms with Gasteiger partial charge in [0.2, 0.25) is 0 Å². The third kappa shape index (κ3) is 5.23. The molecule has 1 unspecified atom stereocenters. The van der Waals surface area contributed by atoms with Gasteiger partial charge >= 0.3 is 6.03 Å². The van der Waals surface area contributed by atoms with E-state index in [4.69, 9.17) is 4.74 Å². The number of rotatable bonds is 5. The molecule has 5 nitrogen and oxygen atoms in total. The third-order valence-corrected chi connectivity index (χ3v) is 5.00. The molecule has 1 N–H and O–H groups in total. The van der Waals surface area contributed by atoms with E-state index in [-0.39, 0.29) is 12.1 Å². The number of methoxy groups -OCH3 is 1. The van der Waals surface area contributed by atoms with Crippen LogP contribution in [-0.4, -0.2) is 56.2 Å². The number of piperidine rings is 1. The number of benzene rings is 2. The first-order valence-corrected chi connectivity index (χ1v) is 9.48. The quantitative estimate of drug-likeness (QED) is 0.878. The number of hydrogen-bond acceptors (Lipinski definition) is 3. The van der Waals surface area contributed by atoms with Gasteiger partial charge in [-0.25, -0.2) is 4.79 Å². The zero-order valence-electron chi connectivity index (χ0n) is 16.4. The molecule has 2 aromatic carbocycles. The second-order valence-electron chi connectivity index (χ2n) is 7.35. The highest BCUT2D eigenvalue weighted by Gasteiger charge is 2.21. The average molecular weight is 367 g/mol. The van der Waals surface area contributed by atoms with Gasteiger partial charge in [0.25, 0.3) is 0 Å². The first-order valence-electron chi connectivity index (χ1n) is 9.48. The van der Waals surface area contributed by atoms with Crippen LogP contribution in [0.15, 0.2) is 48.5 Å². The summed E-state index contributed by atoms with van der Waals surface area (Å²) in [7, 11) is 5.24. The Morgan fingerprint density at radius 1 is 1.19 bits per heavy atom. The molecule has 0 radical (unpaired) electrons. The lowest BCUT2D eigenvalue weighted by atomic mass is 10.0. The van der Waals surface area contributed by atoms with E-state index in [9.17, 15) is 4.79 Å². The van der Waals surface area contributed by atoms with Crippen LogP contribution in [0.4, 0.5) is 4.79 Å². The van der Waals surface area contributed by atoms with Crippen LogP contribution < -0.4 is 10.1 Å². The molecular weight excluding hydrogens is 338 g/mol. The second kappa shape index (κ2) is 8.91. The van der Waals surface area contributed by atoms with E-state index in [1.54, 1.807) is 26.1 Å². The minimum Gasteiger partial charge on any atom is -0.497 e. The highest BCUT2D eigenvalue weighted by atomic mass is 16.5. The fourth-order valence-corrected chi connectivity index (χ4v) is 3.48. The van der Waals surface area contributed by atoms with E-state index < -0.39 is 0 Å². The van der Waals surface area contributed by atoms with Crippen LogP contribution in [0.25, 0.3) is 11.1 Å². The van der Waals surface area contributed by atoms with Crippen LogP contribution in [0, 0.1) is 0 Å². The molecule has 2 amide bonds. The molecule has 0 spiro atoms. The molecule has 1 saturated heterocycles. The van der Waals surface area contributed by atoms with Crippen molar-refractivity contribution >= 4 is 6.03 Å². The average Bonchev–Trinajstić information content (AvgIpc) is 2.69. The Bertz CT molecular complexity index is 758. The van der Waals surface area contributed by atoms with Crippen LogP contribution in [0.1, 0.15) is 18.4 Å². The lowest BCUT2D eigenvalue weighted by molar-refractivity contribution is 0.172. The maximum Gasteiger partial charge on any atom is 0.317 e. The Hall–Kier alpha value is -2.53. The van der Waals surface area contributed by atoms with Crippen LogP contribution in [-0.2, 0) is 6.54 Å². The molecule has 144 valence electrons. The molecule has 0 aliphatic carbocycles. The summed E-state index contributed by atoms with van der Waals surface area (Å²) in [6.07, 6.45) is 2.16. The van der Waals surface area contributed by atoms with Crippen molar-refractivity contribution in [3.8, 4) is 16.9 Å². The third-order valence-electron chi connectivity index (χ3n) is 5.00. The summed E-state index contributed by atoms with van der Waals surface area (Å²) < 4.78 is 5.31. The lowest BCUT2D eigenvalue weighted by Gasteiger charge is -2.33. The molecule has 0 bridgehead atoms. The van der Waals surface area contributed by atoms with Crippen molar-refractivity contribution in [2.45, 2.75) is 25.4 Å². The van der Waals surface area contributed by atoms with E-state index in [0.29, 0.717) is 0 Å². The normalized spacial score (nSPS) is 17.4. The molecule has 2 aromatic rings. The molecule has 0 saturated carbocycles. The molecule has 1 atom stereocenters. The van der Waals surface area contributed by atoms with E-state index in [1.807, 2.05) is 12.1 Å². The van der Waals surface area contributed by atoms with E-state index in [2.05, 4.69) is 46.6 Å². The van der Waals surface area contributed by atoms with Crippen molar-refractivity contribution in [1.82, 2.24) is 15.1 Å². The van der Waals surface area contributed by atoms with Gasteiger partial charge < -0.3 is 15.0 Å². The van der Waals surface area contributed by atoms with Crippen molar-refractivity contribution in [2.75, 3.05) is 34.3 Å². The van der Waals surface area contributed by atoms with Gasteiger partial charge in [-0.05, 0) is 48.2 Å². The second-order valence-corrected chi connectivity index (χ2v) is 7.35. The number of carbonyl (C=O) groups is 1. The predicted molar refractivity (Wildman–Crippen MR) is 109 cm³/mol. The minimum absolute atomic E-state index is 0.00973. The fourth-order valence-electron chi connectivity index (χ4n) is 3.48. The Balaban J connectivity index is 1.60. The maximum absolute atomic E-state index is 11.9. The van der Waals surface area contributed by atoms with E-state index >= 15 is 0 Å². The SMILES string of the molecule is COc1cccc(-c2ccc(CN3CCCC(NC(=O)N(C)C)C3)cc2)c1. The molecular formula is C22H29N3O2. The molecule has 1 heterocycles. The van der Waals surface area contributed by atoms with Gasteiger partial charge in [0.05, 0.1) is 7.11 Å². The highest BCUT2D eigenvalue weighted by molar-refractivity contribution is 5.73. The highest BCUT2D eigenvalue weighted by Crippen LogP contribution is 2.24. The number of carbonyl (C=O) groups excluding carboxylic acids is 1. The summed E-state index contributed by atoms with van der Waals surface area (Å²) in [4.78, 5) is 15.9. The number of likely N-dealkylation sites (tertiary alicyclic amines) is 1. The summed E-state index contributed by atoms with van der Waals surface area (Å²) in [5.41, 5.74) is 3.64. The van der Waals surface area contributed by atoms with Gasteiger partial charge in [-0.1, -0.05) is 36.4 Å².